The Balaban J connectivity index is 2.16. The van der Waals surface area contributed by atoms with E-state index in [-0.39, 0.29) is 0 Å². The molecule has 0 heterocycles. The van der Waals surface area contributed by atoms with E-state index in [9.17, 15) is 0 Å². The standard InChI is InChI=1S/C11H22N4/c1-10-4-6-11(7-5-10)15(2)9-3-8-13-14-12/h10-11H,3-9H2,1-2H3. The van der Waals surface area contributed by atoms with Crippen molar-refractivity contribution in [3.63, 3.8) is 0 Å². The van der Waals surface area contributed by atoms with Crippen LogP contribution in [0.2, 0.25) is 0 Å². The smallest absolute Gasteiger partial charge is 0.0270 e. The Labute approximate surface area is 92.3 Å². The fraction of sp³-hybridized carbons (Fsp3) is 1.00. The molecule has 0 aliphatic heterocycles. The van der Waals surface area contributed by atoms with Gasteiger partial charge in [-0.25, -0.2) is 0 Å². The van der Waals surface area contributed by atoms with E-state index in [1.807, 2.05) is 0 Å². The van der Waals surface area contributed by atoms with Gasteiger partial charge in [-0.1, -0.05) is 12.0 Å². The maximum absolute atomic E-state index is 8.15. The Kier molecular flexibility index (Phi) is 5.51. The van der Waals surface area contributed by atoms with Gasteiger partial charge in [0, 0.05) is 17.5 Å². The summed E-state index contributed by atoms with van der Waals surface area (Å²) in [5, 5.41) is 3.55. The van der Waals surface area contributed by atoms with Gasteiger partial charge in [-0.15, -0.1) is 0 Å². The van der Waals surface area contributed by atoms with Crippen LogP contribution in [0, 0.1) is 5.92 Å². The number of rotatable bonds is 5. The molecule has 0 radical (unpaired) electrons. The van der Waals surface area contributed by atoms with Crippen LogP contribution in [0.3, 0.4) is 0 Å². The van der Waals surface area contributed by atoms with Crippen LogP contribution in [0.4, 0.5) is 0 Å². The average molecular weight is 210 g/mol. The number of nitrogens with zero attached hydrogens (tertiary/aromatic N) is 4. The highest BCUT2D eigenvalue weighted by atomic mass is 15.1. The van der Waals surface area contributed by atoms with Crippen LogP contribution in [0.5, 0.6) is 0 Å². The van der Waals surface area contributed by atoms with E-state index in [4.69, 9.17) is 5.53 Å². The van der Waals surface area contributed by atoms with Crippen molar-refractivity contribution in [2.75, 3.05) is 20.1 Å². The fourth-order valence-electron chi connectivity index (χ4n) is 2.30. The Morgan fingerprint density at radius 3 is 2.60 bits per heavy atom. The lowest BCUT2D eigenvalue weighted by Crippen LogP contribution is -2.35. The van der Waals surface area contributed by atoms with E-state index in [0.717, 1.165) is 24.9 Å². The minimum absolute atomic E-state index is 0.629. The van der Waals surface area contributed by atoms with Crippen molar-refractivity contribution in [2.45, 2.75) is 45.1 Å². The predicted octanol–water partition coefficient (Wildman–Crippen LogP) is 3.20. The van der Waals surface area contributed by atoms with Crippen LogP contribution in [0.25, 0.3) is 10.4 Å². The first-order valence-corrected chi connectivity index (χ1v) is 5.95. The molecule has 1 aliphatic rings. The van der Waals surface area contributed by atoms with Crippen molar-refractivity contribution < 1.29 is 0 Å². The van der Waals surface area contributed by atoms with Crippen molar-refractivity contribution in [1.82, 2.24) is 4.90 Å². The number of hydrogen-bond donors (Lipinski definition) is 0. The van der Waals surface area contributed by atoms with Crippen LogP contribution in [0.15, 0.2) is 5.11 Å². The summed E-state index contributed by atoms with van der Waals surface area (Å²) in [6.07, 6.45) is 6.38. The molecule has 86 valence electrons. The third-order valence-corrected chi connectivity index (χ3v) is 3.44. The molecule has 15 heavy (non-hydrogen) atoms. The topological polar surface area (TPSA) is 52.0 Å². The zero-order chi connectivity index (χ0) is 11.1. The third-order valence-electron chi connectivity index (χ3n) is 3.44. The molecule has 1 aliphatic carbocycles. The van der Waals surface area contributed by atoms with E-state index in [0.29, 0.717) is 6.54 Å². The summed E-state index contributed by atoms with van der Waals surface area (Å²) in [5.41, 5.74) is 8.15. The number of azide groups is 1. The molecule has 1 rings (SSSR count). The molecular weight excluding hydrogens is 188 g/mol. The van der Waals surface area contributed by atoms with Crippen LogP contribution in [0.1, 0.15) is 39.0 Å². The molecule has 0 unspecified atom stereocenters. The molecule has 0 aromatic carbocycles. The second kappa shape index (κ2) is 6.70. The van der Waals surface area contributed by atoms with E-state index < -0.39 is 0 Å². The molecule has 0 spiro atoms. The quantitative estimate of drug-likeness (QED) is 0.297. The first-order valence-electron chi connectivity index (χ1n) is 5.95. The predicted molar refractivity (Wildman–Crippen MR) is 62.7 cm³/mol. The molecule has 4 heteroatoms. The minimum atomic E-state index is 0.629. The molecule has 1 fully saturated rings. The summed E-state index contributed by atoms with van der Waals surface area (Å²) in [7, 11) is 2.19. The SMILES string of the molecule is CC1CCC(N(C)CCCN=[N+]=[N-])CC1. The van der Waals surface area contributed by atoms with E-state index in [2.05, 4.69) is 28.9 Å². The van der Waals surface area contributed by atoms with Crippen molar-refractivity contribution in [3.05, 3.63) is 10.4 Å². The minimum Gasteiger partial charge on any atom is -0.303 e. The summed E-state index contributed by atoms with van der Waals surface area (Å²) >= 11 is 0. The largest absolute Gasteiger partial charge is 0.303 e. The van der Waals surface area contributed by atoms with Crippen molar-refractivity contribution in [1.29, 1.82) is 0 Å². The highest BCUT2D eigenvalue weighted by molar-refractivity contribution is 4.76. The molecule has 0 amide bonds. The molecule has 0 aromatic heterocycles. The van der Waals surface area contributed by atoms with E-state index in [1.54, 1.807) is 0 Å². The number of hydrogen-bond acceptors (Lipinski definition) is 2. The van der Waals surface area contributed by atoms with Crippen molar-refractivity contribution in [3.8, 4) is 0 Å². The molecular formula is C11H22N4. The van der Waals surface area contributed by atoms with Gasteiger partial charge in [0.05, 0.1) is 0 Å². The second-order valence-electron chi connectivity index (χ2n) is 4.70. The van der Waals surface area contributed by atoms with Gasteiger partial charge in [0.1, 0.15) is 0 Å². The Hall–Kier alpha value is -0.730. The maximum atomic E-state index is 8.15. The van der Waals surface area contributed by atoms with Gasteiger partial charge >= 0.3 is 0 Å². The summed E-state index contributed by atoms with van der Waals surface area (Å²) in [6, 6.07) is 0.757. The molecule has 0 atom stereocenters. The molecule has 0 aromatic rings. The van der Waals surface area contributed by atoms with Crippen molar-refractivity contribution in [2.24, 2.45) is 11.0 Å². The van der Waals surface area contributed by atoms with E-state index in [1.165, 1.54) is 25.7 Å². The average Bonchev–Trinajstić information content (AvgIpc) is 2.25. The Bertz CT molecular complexity index is 215. The van der Waals surface area contributed by atoms with E-state index >= 15 is 0 Å². The highest BCUT2D eigenvalue weighted by Crippen LogP contribution is 2.26. The van der Waals surface area contributed by atoms with Crippen LogP contribution in [-0.2, 0) is 0 Å². The molecule has 0 saturated heterocycles. The lowest BCUT2D eigenvalue weighted by Gasteiger charge is -2.33. The molecule has 0 N–H and O–H groups in total. The Morgan fingerprint density at radius 1 is 1.33 bits per heavy atom. The van der Waals surface area contributed by atoms with Crippen LogP contribution >= 0.6 is 0 Å². The van der Waals surface area contributed by atoms with Gasteiger partial charge in [0.25, 0.3) is 0 Å². The summed E-state index contributed by atoms with van der Waals surface area (Å²) in [4.78, 5) is 5.19. The normalized spacial score (nSPS) is 26.3. The molecule has 1 saturated carbocycles. The van der Waals surface area contributed by atoms with Gasteiger partial charge in [-0.3, -0.25) is 0 Å². The third kappa shape index (κ3) is 4.54. The van der Waals surface area contributed by atoms with Gasteiger partial charge in [-0.05, 0) is 57.1 Å². The first kappa shape index (κ1) is 12.3. The Morgan fingerprint density at radius 2 is 2.00 bits per heavy atom. The lowest BCUT2D eigenvalue weighted by atomic mass is 9.87. The lowest BCUT2D eigenvalue weighted by molar-refractivity contribution is 0.169. The zero-order valence-corrected chi connectivity index (χ0v) is 9.89. The maximum Gasteiger partial charge on any atom is 0.0270 e. The molecule has 4 nitrogen and oxygen atoms in total. The van der Waals surface area contributed by atoms with Gasteiger partial charge in [0.15, 0.2) is 0 Å². The highest BCUT2D eigenvalue weighted by Gasteiger charge is 2.20. The monoisotopic (exact) mass is 210 g/mol. The van der Waals surface area contributed by atoms with Crippen molar-refractivity contribution >= 4 is 0 Å². The summed E-state index contributed by atoms with van der Waals surface area (Å²) in [6.45, 7) is 4.03. The zero-order valence-electron chi connectivity index (χ0n) is 9.89. The summed E-state index contributed by atoms with van der Waals surface area (Å²) in [5.74, 6) is 0.915. The summed E-state index contributed by atoms with van der Waals surface area (Å²) < 4.78 is 0. The van der Waals surface area contributed by atoms with Gasteiger partial charge in [-0.2, -0.15) is 0 Å². The first-order chi connectivity index (χ1) is 7.24. The van der Waals surface area contributed by atoms with Gasteiger partial charge in [0.2, 0.25) is 0 Å². The van der Waals surface area contributed by atoms with Gasteiger partial charge < -0.3 is 4.90 Å². The van der Waals surface area contributed by atoms with Crippen LogP contribution in [-0.4, -0.2) is 31.1 Å². The second-order valence-corrected chi connectivity index (χ2v) is 4.70. The van der Waals surface area contributed by atoms with Crippen LogP contribution < -0.4 is 0 Å². The molecule has 0 bridgehead atoms. The fourth-order valence-corrected chi connectivity index (χ4v) is 2.30.